The average Bonchev–Trinajstić information content (AvgIpc) is 3.02. The minimum atomic E-state index is 0.634. The molecule has 0 unspecified atom stereocenters. The molecule has 1 aliphatic carbocycles. The fourth-order valence-electron chi connectivity index (χ4n) is 1.74. The third-order valence-electron chi connectivity index (χ3n) is 2.98. The lowest BCUT2D eigenvalue weighted by atomic mass is 10.2. The van der Waals surface area contributed by atoms with E-state index in [9.17, 15) is 0 Å². The Bertz CT molecular complexity index is 331. The molecule has 0 bridgehead atoms. The largest absolute Gasteiger partial charge is 0.344 e. The van der Waals surface area contributed by atoms with Crippen molar-refractivity contribution < 1.29 is 0 Å². The molecule has 1 saturated carbocycles. The van der Waals surface area contributed by atoms with Crippen LogP contribution < -0.4 is 5.32 Å². The van der Waals surface area contributed by atoms with E-state index in [2.05, 4.69) is 22.2 Å². The second kappa shape index (κ2) is 5.69. The normalized spacial score (nSPS) is 15.6. The zero-order chi connectivity index (χ0) is 11.4. The average molecular weight is 242 g/mol. The summed E-state index contributed by atoms with van der Waals surface area (Å²) in [6.07, 6.45) is 6.11. The number of nitrogens with zero attached hydrogens (tertiary/aromatic N) is 1. The summed E-state index contributed by atoms with van der Waals surface area (Å²) in [5.41, 5.74) is 1.04. The van der Waals surface area contributed by atoms with E-state index in [-0.39, 0.29) is 0 Å². The van der Waals surface area contributed by atoms with E-state index in [0.29, 0.717) is 5.15 Å². The Morgan fingerprint density at radius 1 is 1.50 bits per heavy atom. The molecule has 1 aromatic rings. The van der Waals surface area contributed by atoms with E-state index in [1.165, 1.54) is 25.7 Å². The van der Waals surface area contributed by atoms with Crippen molar-refractivity contribution in [3.05, 3.63) is 16.7 Å². The summed E-state index contributed by atoms with van der Waals surface area (Å²) in [4.78, 5) is 7.64. The third-order valence-corrected chi connectivity index (χ3v) is 3.29. The SMILES string of the molecule is CCCCc1nc(Cl)c(CNCC2CC2)[nH]1. The lowest BCUT2D eigenvalue weighted by Gasteiger charge is -2.01. The molecule has 0 saturated heterocycles. The second-order valence-electron chi connectivity index (χ2n) is 4.63. The number of unbranched alkanes of at least 4 members (excludes halogenated alkanes) is 1. The topological polar surface area (TPSA) is 40.7 Å². The molecule has 0 radical (unpaired) electrons. The Labute approximate surface area is 102 Å². The van der Waals surface area contributed by atoms with Crippen LogP contribution in [0, 0.1) is 5.92 Å². The summed E-state index contributed by atoms with van der Waals surface area (Å²) >= 11 is 6.07. The van der Waals surface area contributed by atoms with Crippen molar-refractivity contribution in [2.45, 2.75) is 45.6 Å². The van der Waals surface area contributed by atoms with Gasteiger partial charge in [-0.25, -0.2) is 4.98 Å². The van der Waals surface area contributed by atoms with Crippen LogP contribution >= 0.6 is 11.6 Å². The molecule has 4 heteroatoms. The number of H-pyrrole nitrogens is 1. The molecule has 90 valence electrons. The Balaban J connectivity index is 1.79. The molecule has 1 aliphatic rings. The minimum absolute atomic E-state index is 0.634. The van der Waals surface area contributed by atoms with Gasteiger partial charge in [0.1, 0.15) is 5.82 Å². The summed E-state index contributed by atoms with van der Waals surface area (Å²) in [6.45, 7) is 4.11. The molecule has 2 N–H and O–H groups in total. The van der Waals surface area contributed by atoms with Crippen molar-refractivity contribution in [3.8, 4) is 0 Å². The van der Waals surface area contributed by atoms with Crippen LogP contribution in [-0.4, -0.2) is 16.5 Å². The summed E-state index contributed by atoms with van der Waals surface area (Å²) in [7, 11) is 0. The van der Waals surface area contributed by atoms with Gasteiger partial charge in [-0.1, -0.05) is 24.9 Å². The lowest BCUT2D eigenvalue weighted by molar-refractivity contribution is 0.630. The number of hydrogen-bond donors (Lipinski definition) is 2. The fourth-order valence-corrected chi connectivity index (χ4v) is 1.96. The van der Waals surface area contributed by atoms with E-state index in [0.717, 1.165) is 36.9 Å². The maximum atomic E-state index is 6.07. The Morgan fingerprint density at radius 2 is 2.31 bits per heavy atom. The highest BCUT2D eigenvalue weighted by molar-refractivity contribution is 6.30. The molecule has 0 aromatic carbocycles. The van der Waals surface area contributed by atoms with Crippen LogP contribution in [-0.2, 0) is 13.0 Å². The van der Waals surface area contributed by atoms with Crippen LogP contribution in [0.3, 0.4) is 0 Å². The van der Waals surface area contributed by atoms with Gasteiger partial charge in [0.2, 0.25) is 0 Å². The third kappa shape index (κ3) is 3.49. The molecular formula is C12H20ClN3. The van der Waals surface area contributed by atoms with Gasteiger partial charge in [0.05, 0.1) is 5.69 Å². The first kappa shape index (κ1) is 11.9. The van der Waals surface area contributed by atoms with Crippen LogP contribution in [0.1, 0.15) is 44.1 Å². The molecule has 0 amide bonds. The molecule has 0 aliphatic heterocycles. The van der Waals surface area contributed by atoms with E-state index in [1.807, 2.05) is 0 Å². The first-order valence-electron chi connectivity index (χ1n) is 6.23. The quantitative estimate of drug-likeness (QED) is 0.771. The van der Waals surface area contributed by atoms with Gasteiger partial charge in [-0.05, 0) is 31.7 Å². The number of hydrogen-bond acceptors (Lipinski definition) is 2. The Kier molecular flexibility index (Phi) is 4.24. The van der Waals surface area contributed by atoms with Crippen molar-refractivity contribution in [2.75, 3.05) is 6.54 Å². The van der Waals surface area contributed by atoms with Crippen molar-refractivity contribution in [1.82, 2.24) is 15.3 Å². The first-order valence-corrected chi connectivity index (χ1v) is 6.61. The van der Waals surface area contributed by atoms with Gasteiger partial charge in [0, 0.05) is 13.0 Å². The standard InChI is InChI=1S/C12H20ClN3/c1-2-3-4-11-15-10(12(13)16-11)8-14-7-9-5-6-9/h9,14H,2-8H2,1H3,(H,15,16). The van der Waals surface area contributed by atoms with Gasteiger partial charge in [-0.15, -0.1) is 0 Å². The van der Waals surface area contributed by atoms with Crippen LogP contribution in [0.15, 0.2) is 0 Å². The summed E-state index contributed by atoms with van der Waals surface area (Å²) in [5, 5.41) is 4.05. The predicted octanol–water partition coefficient (Wildman–Crippen LogP) is 2.91. The minimum Gasteiger partial charge on any atom is -0.344 e. The monoisotopic (exact) mass is 241 g/mol. The summed E-state index contributed by atoms with van der Waals surface area (Å²) in [6, 6.07) is 0. The van der Waals surface area contributed by atoms with E-state index in [1.54, 1.807) is 0 Å². The smallest absolute Gasteiger partial charge is 0.151 e. The molecule has 16 heavy (non-hydrogen) atoms. The van der Waals surface area contributed by atoms with Gasteiger partial charge < -0.3 is 10.3 Å². The maximum absolute atomic E-state index is 6.07. The van der Waals surface area contributed by atoms with Gasteiger partial charge in [-0.3, -0.25) is 0 Å². The van der Waals surface area contributed by atoms with Crippen molar-refractivity contribution in [2.24, 2.45) is 5.92 Å². The van der Waals surface area contributed by atoms with Gasteiger partial charge in [0.15, 0.2) is 5.15 Å². The second-order valence-corrected chi connectivity index (χ2v) is 4.99. The van der Waals surface area contributed by atoms with Crippen LogP contribution in [0.5, 0.6) is 0 Å². The van der Waals surface area contributed by atoms with Crippen LogP contribution in [0.2, 0.25) is 5.15 Å². The van der Waals surface area contributed by atoms with Crippen molar-refractivity contribution in [1.29, 1.82) is 0 Å². The predicted molar refractivity (Wildman–Crippen MR) is 66.6 cm³/mol. The van der Waals surface area contributed by atoms with Crippen molar-refractivity contribution in [3.63, 3.8) is 0 Å². The van der Waals surface area contributed by atoms with Gasteiger partial charge in [0.25, 0.3) is 0 Å². The van der Waals surface area contributed by atoms with E-state index >= 15 is 0 Å². The maximum Gasteiger partial charge on any atom is 0.151 e. The number of aromatic amines is 1. The first-order chi connectivity index (χ1) is 7.79. The number of imidazole rings is 1. The molecule has 1 aromatic heterocycles. The fraction of sp³-hybridized carbons (Fsp3) is 0.750. The highest BCUT2D eigenvalue weighted by atomic mass is 35.5. The highest BCUT2D eigenvalue weighted by Gasteiger charge is 2.20. The number of rotatable bonds is 7. The molecule has 1 heterocycles. The molecular weight excluding hydrogens is 222 g/mol. The molecule has 1 fully saturated rings. The zero-order valence-corrected chi connectivity index (χ0v) is 10.6. The van der Waals surface area contributed by atoms with E-state index in [4.69, 9.17) is 11.6 Å². The Hall–Kier alpha value is -0.540. The van der Waals surface area contributed by atoms with Crippen LogP contribution in [0.4, 0.5) is 0 Å². The molecule has 3 nitrogen and oxygen atoms in total. The molecule has 2 rings (SSSR count). The Morgan fingerprint density at radius 3 is 3.00 bits per heavy atom. The molecule has 0 spiro atoms. The highest BCUT2D eigenvalue weighted by Crippen LogP contribution is 2.27. The summed E-state index contributed by atoms with van der Waals surface area (Å²) in [5.74, 6) is 1.93. The molecule has 0 atom stereocenters. The zero-order valence-electron chi connectivity index (χ0n) is 9.85. The number of aromatic nitrogens is 2. The number of aryl methyl sites for hydroxylation is 1. The number of halogens is 1. The van der Waals surface area contributed by atoms with Crippen LogP contribution in [0.25, 0.3) is 0 Å². The van der Waals surface area contributed by atoms with Crippen molar-refractivity contribution >= 4 is 11.6 Å². The van der Waals surface area contributed by atoms with E-state index < -0.39 is 0 Å². The van der Waals surface area contributed by atoms with Gasteiger partial charge >= 0.3 is 0 Å². The summed E-state index contributed by atoms with van der Waals surface area (Å²) < 4.78 is 0. The number of nitrogens with one attached hydrogen (secondary N) is 2. The lowest BCUT2D eigenvalue weighted by Crippen LogP contribution is -2.16. The van der Waals surface area contributed by atoms with Gasteiger partial charge in [-0.2, -0.15) is 0 Å².